The second kappa shape index (κ2) is 52.5. The second-order valence-corrected chi connectivity index (χ2v) is 43.0. The summed E-state index contributed by atoms with van der Waals surface area (Å²) in [6.07, 6.45) is -0.153. The third-order valence-electron chi connectivity index (χ3n) is 22.8. The standard InChI is InChI=1S/C23H23NO5S.C22H21N5O3S.C22H21NO6S.C22H19NO6S.C21H18FNO5S/c1-29-21-11-7-20(8-12-21)17-24(16-19-5-3-2-4-6-19)30(27,28)22-13-9-18(10-14-22)15-23(25)26;1-30-20-11-7-18(8-12-20)16-27(15-17-5-3-2-4-6-17)31(28,29)21-13-9-19(10-14-21)22-23-25-26-24-22;1-29-20-10-4-17(5-11-20)15-23(14-16-2-6-18(7-3-16)22(25)26)30(27,28)21-12-8-19(24)9-13-21;24-21(25)18-8-6-17(7-9-18)15-23(14-16-4-2-1-3-5-16)30(28,29)20-12-10-19(11-13-20)22(26)27;22-18-3-1-2-16(12-18)14-23(13-15-4-6-17(7-5-15)21(25)26)29(27,28)20-10-8-19(24)9-11-20/h2-14H,15-17H2,1H3,(H,25,26);2-14H,15-16H2,1H3,(H,23,24,25,26);2-13,24H,14-15H2,1H3,(H,25,26);1-13H,14-15H2,(H,24,25)(H,26,27);1-12,24H,13-14H2,(H,25,26). The largest absolute Gasteiger partial charge is 0.508 e. The van der Waals surface area contributed by atoms with Crippen LogP contribution in [0.5, 0.6) is 28.7 Å². The van der Waals surface area contributed by atoms with E-state index in [-0.39, 0.29) is 130 Å². The molecule has 0 aliphatic carbocycles. The zero-order chi connectivity index (χ0) is 108. The Balaban J connectivity index is 0.000000166. The maximum absolute atomic E-state index is 13.6. The third kappa shape index (κ3) is 31.9. The van der Waals surface area contributed by atoms with E-state index in [1.165, 1.54) is 185 Å². The molecule has 1 heterocycles. The van der Waals surface area contributed by atoms with Crippen LogP contribution in [0.25, 0.3) is 11.4 Å². The number of nitrogens with zero attached hydrogens (tertiary/aromatic N) is 8. The summed E-state index contributed by atoms with van der Waals surface area (Å²) in [7, 11) is -14.6. The van der Waals surface area contributed by atoms with Gasteiger partial charge in [-0.2, -0.15) is 26.7 Å². The fourth-order valence-electron chi connectivity index (χ4n) is 14.8. The number of halogens is 1. The summed E-state index contributed by atoms with van der Waals surface area (Å²) >= 11 is 0. The summed E-state index contributed by atoms with van der Waals surface area (Å²) in [4.78, 5) is 55.4. The molecule has 0 unspecified atom stereocenters. The summed E-state index contributed by atoms with van der Waals surface area (Å²) < 4.78 is 169. The van der Waals surface area contributed by atoms with Crippen molar-refractivity contribution in [2.75, 3.05) is 21.3 Å². The molecule has 0 radical (unpaired) electrons. The molecule has 0 saturated heterocycles. The van der Waals surface area contributed by atoms with Gasteiger partial charge in [-0.05, 0) is 261 Å². The molecule has 0 saturated carbocycles. The van der Waals surface area contributed by atoms with Gasteiger partial charge < -0.3 is 50.0 Å². The van der Waals surface area contributed by atoms with Crippen LogP contribution >= 0.6 is 0 Å². The minimum absolute atomic E-state index is 0.00665. The monoisotopic (exact) mass is 2130 g/mol. The zero-order valence-corrected chi connectivity index (χ0v) is 84.7. The lowest BCUT2D eigenvalue weighted by Crippen LogP contribution is -2.30. The average molecular weight is 2130 g/mol. The zero-order valence-electron chi connectivity index (χ0n) is 80.6. The lowest BCUT2D eigenvalue weighted by atomic mass is 10.1. The van der Waals surface area contributed by atoms with E-state index >= 15 is 0 Å². The number of hydrogen-bond acceptors (Lipinski definition) is 23. The lowest BCUT2D eigenvalue weighted by molar-refractivity contribution is -0.136. The number of hydrogen-bond donors (Lipinski definition) is 8. The van der Waals surface area contributed by atoms with E-state index in [0.29, 0.717) is 50.7 Å². The number of aliphatic carboxylic acids is 1. The number of rotatable bonds is 40. The number of aromatic carboxylic acids is 4. The predicted molar refractivity (Wildman–Crippen MR) is 554 cm³/mol. The normalized spacial score (nSPS) is 11.4. The van der Waals surface area contributed by atoms with Crippen LogP contribution in [-0.2, 0) is 127 Å². The number of ether oxygens (including phenoxy) is 3. The molecule has 15 aromatic carbocycles. The van der Waals surface area contributed by atoms with Crippen molar-refractivity contribution in [1.82, 2.24) is 42.2 Å². The van der Waals surface area contributed by atoms with Crippen LogP contribution in [0.4, 0.5) is 4.39 Å². The number of nitrogens with one attached hydrogen (secondary N) is 1. The maximum atomic E-state index is 13.6. The molecular formula is C110H102FN9O25S5. The molecule has 8 N–H and O–H groups in total. The molecule has 0 aliphatic heterocycles. The van der Waals surface area contributed by atoms with E-state index < -0.39 is 85.8 Å². The van der Waals surface area contributed by atoms with Gasteiger partial charge in [-0.1, -0.05) is 188 Å². The molecule has 0 spiro atoms. The van der Waals surface area contributed by atoms with Crippen molar-refractivity contribution in [3.63, 3.8) is 0 Å². The molecule has 0 bridgehead atoms. The van der Waals surface area contributed by atoms with E-state index in [0.717, 1.165) is 39.1 Å². The molecule has 1 aromatic heterocycles. The number of H-pyrrole nitrogens is 1. The first-order chi connectivity index (χ1) is 71.7. The van der Waals surface area contributed by atoms with Crippen molar-refractivity contribution in [2.24, 2.45) is 0 Å². The number of phenolic OH excluding ortho intramolecular Hbond substituents is 2. The number of aromatic nitrogens is 4. The molecule has 16 aromatic rings. The number of aromatic hydroxyl groups is 2. The Labute approximate surface area is 865 Å². The van der Waals surface area contributed by atoms with Crippen molar-refractivity contribution >= 4 is 80.0 Å². The Morgan fingerprint density at radius 2 is 0.493 bits per heavy atom. The SMILES string of the molecule is COc1ccc(CN(Cc2ccc(C(=O)O)cc2)S(=O)(=O)c2ccc(O)cc2)cc1.COc1ccc(CN(Cc2ccccc2)S(=O)(=O)c2ccc(-c3nn[nH]n3)cc2)cc1.COc1ccc(CN(Cc2ccccc2)S(=O)(=O)c2ccc(CC(=O)O)cc2)cc1.O=C(O)c1ccc(CN(Cc2cccc(F)c2)S(=O)(=O)c2ccc(O)cc2)cc1.O=C(O)c1ccc(CN(Cc2ccccc2)S(=O)(=O)c2ccc(C(=O)O)cc2)cc1. The molecule has 0 amide bonds. The Morgan fingerprint density at radius 3 is 0.733 bits per heavy atom. The average Bonchev–Trinajstić information content (AvgIpc) is 0.859. The van der Waals surface area contributed by atoms with Crippen LogP contribution in [0.3, 0.4) is 0 Å². The molecule has 0 atom stereocenters. The summed E-state index contributed by atoms with van der Waals surface area (Å²) in [5.74, 6) is -3.37. The summed E-state index contributed by atoms with van der Waals surface area (Å²) in [5.41, 5.74) is 8.89. The second-order valence-electron chi connectivity index (χ2n) is 33.3. The quantitative estimate of drug-likeness (QED) is 0.0177. The van der Waals surface area contributed by atoms with Gasteiger partial charge in [0.15, 0.2) is 0 Å². The summed E-state index contributed by atoms with van der Waals surface area (Å²) in [5, 5.41) is 77.8. The van der Waals surface area contributed by atoms with Crippen LogP contribution in [0.15, 0.2) is 407 Å². The number of sulfonamides is 5. The number of methoxy groups -OCH3 is 3. The van der Waals surface area contributed by atoms with Crippen molar-refractivity contribution in [2.45, 2.75) is 96.3 Å². The van der Waals surface area contributed by atoms with Gasteiger partial charge in [-0.3, -0.25) is 4.79 Å². The van der Waals surface area contributed by atoms with Gasteiger partial charge in [0.1, 0.15) is 34.6 Å². The highest BCUT2D eigenvalue weighted by Gasteiger charge is 2.32. The van der Waals surface area contributed by atoms with Gasteiger partial charge in [0.25, 0.3) is 0 Å². The Kier molecular flexibility index (Phi) is 39.2. The first-order valence-electron chi connectivity index (χ1n) is 45.5. The molecule has 150 heavy (non-hydrogen) atoms. The third-order valence-corrected chi connectivity index (χ3v) is 31.8. The molecule has 0 aliphatic rings. The Hall–Kier alpha value is -16.8. The number of carboxylic acid groups (broad SMARTS) is 5. The highest BCUT2D eigenvalue weighted by atomic mass is 32.2. The van der Waals surface area contributed by atoms with Gasteiger partial charge >= 0.3 is 29.8 Å². The summed E-state index contributed by atoms with van der Waals surface area (Å²) in [6, 6.07) is 101. The maximum Gasteiger partial charge on any atom is 0.335 e. The number of phenols is 2. The van der Waals surface area contributed by atoms with E-state index in [9.17, 15) is 80.7 Å². The van der Waals surface area contributed by atoms with Gasteiger partial charge in [0.2, 0.25) is 55.9 Å². The fourth-order valence-corrected chi connectivity index (χ4v) is 21.8. The van der Waals surface area contributed by atoms with Gasteiger partial charge in [0.05, 0.1) is 74.5 Å². The van der Waals surface area contributed by atoms with Crippen molar-refractivity contribution in [3.8, 4) is 40.1 Å². The van der Waals surface area contributed by atoms with E-state index in [4.69, 9.17) is 39.7 Å². The number of benzene rings is 15. The number of carbonyl (C=O) groups is 5. The first kappa shape index (κ1) is 112. The van der Waals surface area contributed by atoms with Crippen LogP contribution in [0.2, 0.25) is 0 Å². The van der Waals surface area contributed by atoms with E-state index in [1.54, 1.807) is 112 Å². The van der Waals surface area contributed by atoms with Crippen molar-refractivity contribution in [3.05, 3.63) is 471 Å². The smallest absolute Gasteiger partial charge is 0.335 e. The topological polar surface area (TPSA) is 496 Å². The first-order valence-corrected chi connectivity index (χ1v) is 52.8. The number of carboxylic acids is 5. The summed E-state index contributed by atoms with van der Waals surface area (Å²) in [6.45, 7) is 1.05. The molecular weight excluding hydrogens is 2030 g/mol. The molecule has 40 heteroatoms. The van der Waals surface area contributed by atoms with Crippen molar-refractivity contribution < 1.29 is 120 Å². The lowest BCUT2D eigenvalue weighted by Gasteiger charge is -2.23. The molecule has 16 rings (SSSR count). The van der Waals surface area contributed by atoms with Crippen LogP contribution in [0, 0.1) is 5.82 Å². The minimum atomic E-state index is -3.97. The Morgan fingerprint density at radius 1 is 0.273 bits per heavy atom. The van der Waals surface area contributed by atoms with E-state index in [2.05, 4.69) is 20.6 Å². The van der Waals surface area contributed by atoms with Crippen LogP contribution < -0.4 is 14.2 Å². The van der Waals surface area contributed by atoms with Crippen molar-refractivity contribution in [1.29, 1.82) is 0 Å². The van der Waals surface area contributed by atoms with Gasteiger partial charge in [0, 0.05) is 71.0 Å². The molecule has 774 valence electrons. The van der Waals surface area contributed by atoms with Gasteiger partial charge in [-0.25, -0.2) is 65.7 Å². The number of aromatic amines is 1. The predicted octanol–water partition coefficient (Wildman–Crippen LogP) is 17.6. The van der Waals surface area contributed by atoms with E-state index in [1.807, 2.05) is 127 Å². The highest BCUT2D eigenvalue weighted by Crippen LogP contribution is 2.32. The minimum Gasteiger partial charge on any atom is -0.508 e. The number of tetrazole rings is 1. The van der Waals surface area contributed by atoms with Crippen LogP contribution in [0.1, 0.15) is 103 Å². The van der Waals surface area contributed by atoms with Gasteiger partial charge in [-0.15, -0.1) is 10.2 Å². The molecule has 0 fully saturated rings. The van der Waals surface area contributed by atoms with Crippen LogP contribution in [-0.4, -0.2) is 171 Å². The fraction of sp³-hybridized carbons (Fsp3) is 0.127. The highest BCUT2D eigenvalue weighted by molar-refractivity contribution is 7.90. The molecule has 34 nitrogen and oxygen atoms in total. The Bertz CT molecular complexity index is 7830.